The highest BCUT2D eigenvalue weighted by atomic mass is 32.2. The van der Waals surface area contributed by atoms with Crippen LogP contribution in [-0.2, 0) is 4.79 Å². The first-order chi connectivity index (χ1) is 8.54. The minimum atomic E-state index is -0.669. The van der Waals surface area contributed by atoms with Gasteiger partial charge in [0.2, 0.25) is 5.91 Å². The topological polar surface area (TPSA) is 40.5 Å². The van der Waals surface area contributed by atoms with Crippen LogP contribution in [0.2, 0.25) is 0 Å². The van der Waals surface area contributed by atoms with Crippen LogP contribution in [0.3, 0.4) is 0 Å². The molecule has 1 fully saturated rings. The normalized spacial score (nSPS) is 23.8. The number of hydrogen-bond donors (Lipinski definition) is 1. The van der Waals surface area contributed by atoms with Crippen LogP contribution in [0.5, 0.6) is 0 Å². The fraction of sp³-hybridized carbons (Fsp3) is 0.417. The van der Waals surface area contributed by atoms with Crippen LogP contribution in [-0.4, -0.2) is 34.3 Å². The number of carbonyl (C=O) groups excluding carboxylic acids is 1. The van der Waals surface area contributed by atoms with E-state index in [1.807, 2.05) is 0 Å². The fourth-order valence-electron chi connectivity index (χ4n) is 1.95. The first-order valence-corrected chi connectivity index (χ1v) is 6.50. The molecule has 2 unspecified atom stereocenters. The van der Waals surface area contributed by atoms with E-state index in [0.29, 0.717) is 0 Å². The number of aliphatic hydroxyl groups is 1. The summed E-state index contributed by atoms with van der Waals surface area (Å²) in [6.45, 7) is 1.70. The average molecular weight is 273 g/mol. The van der Waals surface area contributed by atoms with Gasteiger partial charge in [-0.2, -0.15) is 0 Å². The van der Waals surface area contributed by atoms with Crippen molar-refractivity contribution in [2.75, 3.05) is 13.2 Å². The number of thioether (sulfide) groups is 1. The fourth-order valence-corrected chi connectivity index (χ4v) is 3.28. The monoisotopic (exact) mass is 273 g/mol. The molecule has 0 saturated carbocycles. The van der Waals surface area contributed by atoms with Crippen molar-refractivity contribution in [1.29, 1.82) is 0 Å². The van der Waals surface area contributed by atoms with Crippen molar-refractivity contribution in [3.8, 4) is 0 Å². The van der Waals surface area contributed by atoms with Gasteiger partial charge < -0.3 is 10.0 Å². The van der Waals surface area contributed by atoms with E-state index in [1.54, 1.807) is 6.92 Å². The zero-order valence-electron chi connectivity index (χ0n) is 9.77. The Labute approximate surface area is 108 Å². The summed E-state index contributed by atoms with van der Waals surface area (Å²) in [6.07, 6.45) is 0. The van der Waals surface area contributed by atoms with Gasteiger partial charge in [-0.15, -0.1) is 11.8 Å². The summed E-state index contributed by atoms with van der Waals surface area (Å²) in [5, 5.41) is 8.17. The average Bonchev–Trinajstić information content (AvgIpc) is 2.58. The third kappa shape index (κ3) is 2.35. The third-order valence-electron chi connectivity index (χ3n) is 2.82. The smallest absolute Gasteiger partial charge is 0.236 e. The molecule has 1 N–H and O–H groups in total. The molecule has 1 heterocycles. The predicted molar refractivity (Wildman–Crippen MR) is 65.0 cm³/mol. The second-order valence-corrected chi connectivity index (χ2v) is 5.48. The Morgan fingerprint density at radius 2 is 2.17 bits per heavy atom. The van der Waals surface area contributed by atoms with Gasteiger partial charge in [0.1, 0.15) is 17.0 Å². The zero-order chi connectivity index (χ0) is 13.3. The molecule has 1 aliphatic heterocycles. The molecule has 1 saturated heterocycles. The molecule has 98 valence electrons. The molecule has 0 aromatic heterocycles. The highest BCUT2D eigenvalue weighted by Gasteiger charge is 2.39. The molecule has 0 spiro atoms. The van der Waals surface area contributed by atoms with Crippen molar-refractivity contribution in [2.24, 2.45) is 0 Å². The Bertz CT molecular complexity index is 469. The second kappa shape index (κ2) is 5.24. The molecular formula is C12H13F2NO2S. The molecule has 2 rings (SSSR count). The minimum Gasteiger partial charge on any atom is -0.395 e. The van der Waals surface area contributed by atoms with Gasteiger partial charge in [-0.05, 0) is 13.0 Å². The molecule has 2 atom stereocenters. The molecule has 0 radical (unpaired) electrons. The van der Waals surface area contributed by atoms with Crippen molar-refractivity contribution in [2.45, 2.75) is 17.5 Å². The van der Waals surface area contributed by atoms with Gasteiger partial charge in [-0.1, -0.05) is 6.07 Å². The third-order valence-corrected chi connectivity index (χ3v) is 4.19. The summed E-state index contributed by atoms with van der Waals surface area (Å²) >= 11 is 1.30. The van der Waals surface area contributed by atoms with E-state index in [2.05, 4.69) is 0 Å². The Morgan fingerprint density at radius 1 is 1.44 bits per heavy atom. The molecule has 6 heteroatoms. The summed E-state index contributed by atoms with van der Waals surface area (Å²) in [5.74, 6) is -1.45. The standard InChI is InChI=1S/C12H13F2NO2S/c1-7-11(17)15(4-5-16)12(18-7)9-3-2-8(13)6-10(9)14/h2-3,6-7,12,16H,4-5H2,1H3. The van der Waals surface area contributed by atoms with Gasteiger partial charge in [0, 0.05) is 18.2 Å². The SMILES string of the molecule is CC1SC(c2ccc(F)cc2F)N(CCO)C1=O. The maximum absolute atomic E-state index is 13.7. The van der Waals surface area contributed by atoms with Crippen molar-refractivity contribution < 1.29 is 18.7 Å². The van der Waals surface area contributed by atoms with E-state index in [9.17, 15) is 13.6 Å². The number of β-amino-alcohol motifs (C(OH)–C–C–N with tert-alkyl or cyclic N) is 1. The number of benzene rings is 1. The maximum atomic E-state index is 13.7. The summed E-state index contributed by atoms with van der Waals surface area (Å²) < 4.78 is 26.6. The molecule has 1 aliphatic rings. The maximum Gasteiger partial charge on any atom is 0.236 e. The lowest BCUT2D eigenvalue weighted by atomic mass is 10.2. The number of aliphatic hydroxyl groups excluding tert-OH is 1. The van der Waals surface area contributed by atoms with Crippen LogP contribution in [0.4, 0.5) is 8.78 Å². The molecule has 0 bridgehead atoms. The van der Waals surface area contributed by atoms with Gasteiger partial charge in [0.05, 0.1) is 11.9 Å². The molecule has 1 aromatic rings. The number of rotatable bonds is 3. The van der Waals surface area contributed by atoms with Crippen molar-refractivity contribution >= 4 is 17.7 Å². The Hall–Kier alpha value is -1.14. The van der Waals surface area contributed by atoms with Crippen molar-refractivity contribution in [3.63, 3.8) is 0 Å². The summed E-state index contributed by atoms with van der Waals surface area (Å²) in [6, 6.07) is 3.32. The Balaban J connectivity index is 2.33. The number of hydrogen-bond acceptors (Lipinski definition) is 3. The van der Waals surface area contributed by atoms with Crippen molar-refractivity contribution in [1.82, 2.24) is 4.90 Å². The van der Waals surface area contributed by atoms with E-state index < -0.39 is 17.0 Å². The van der Waals surface area contributed by atoms with E-state index >= 15 is 0 Å². The zero-order valence-corrected chi connectivity index (χ0v) is 10.6. The number of amides is 1. The highest BCUT2D eigenvalue weighted by molar-refractivity contribution is 8.01. The number of nitrogens with zero attached hydrogens (tertiary/aromatic N) is 1. The Kier molecular flexibility index (Phi) is 3.87. The molecule has 1 aromatic carbocycles. The minimum absolute atomic E-state index is 0.136. The van der Waals surface area contributed by atoms with Crippen molar-refractivity contribution in [3.05, 3.63) is 35.4 Å². The number of carbonyl (C=O) groups is 1. The van der Waals surface area contributed by atoms with E-state index in [4.69, 9.17) is 5.11 Å². The van der Waals surface area contributed by atoms with Gasteiger partial charge in [0.15, 0.2) is 0 Å². The predicted octanol–water partition coefficient (Wildman–Crippen LogP) is 1.92. The lowest BCUT2D eigenvalue weighted by Gasteiger charge is -2.23. The lowest BCUT2D eigenvalue weighted by Crippen LogP contribution is -2.33. The van der Waals surface area contributed by atoms with Crippen LogP contribution in [0.25, 0.3) is 0 Å². The van der Waals surface area contributed by atoms with Crippen LogP contribution >= 0.6 is 11.8 Å². The van der Waals surface area contributed by atoms with E-state index in [0.717, 1.165) is 6.07 Å². The summed E-state index contributed by atoms with van der Waals surface area (Å²) in [4.78, 5) is 13.3. The van der Waals surface area contributed by atoms with E-state index in [1.165, 1.54) is 28.8 Å². The molecule has 1 amide bonds. The van der Waals surface area contributed by atoms with Crippen LogP contribution in [0.1, 0.15) is 17.9 Å². The first-order valence-electron chi connectivity index (χ1n) is 5.56. The van der Waals surface area contributed by atoms with Crippen LogP contribution in [0.15, 0.2) is 18.2 Å². The second-order valence-electron chi connectivity index (χ2n) is 4.05. The Morgan fingerprint density at radius 3 is 2.78 bits per heavy atom. The molecule has 3 nitrogen and oxygen atoms in total. The largest absolute Gasteiger partial charge is 0.395 e. The number of halogens is 2. The quantitative estimate of drug-likeness (QED) is 0.914. The van der Waals surface area contributed by atoms with Gasteiger partial charge in [-0.3, -0.25) is 4.79 Å². The summed E-state index contributed by atoms with van der Waals surface area (Å²) in [7, 11) is 0. The van der Waals surface area contributed by atoms with E-state index in [-0.39, 0.29) is 29.9 Å². The first kappa shape index (κ1) is 13.3. The molecule has 18 heavy (non-hydrogen) atoms. The van der Waals surface area contributed by atoms with Gasteiger partial charge in [-0.25, -0.2) is 8.78 Å². The molecule has 0 aliphatic carbocycles. The van der Waals surface area contributed by atoms with Gasteiger partial charge in [0.25, 0.3) is 0 Å². The highest BCUT2D eigenvalue weighted by Crippen LogP contribution is 2.43. The van der Waals surface area contributed by atoms with Crippen LogP contribution < -0.4 is 0 Å². The molecular weight excluding hydrogens is 260 g/mol. The van der Waals surface area contributed by atoms with Gasteiger partial charge >= 0.3 is 0 Å². The lowest BCUT2D eigenvalue weighted by molar-refractivity contribution is -0.130. The van der Waals surface area contributed by atoms with Crippen LogP contribution in [0, 0.1) is 11.6 Å². The summed E-state index contributed by atoms with van der Waals surface area (Å²) in [5.41, 5.74) is 0.271.